The Morgan fingerprint density at radius 2 is 1.81 bits per heavy atom. The monoisotopic (exact) mass is 527 g/mol. The second-order valence-electron chi connectivity index (χ2n) is 10.9. The van der Waals surface area contributed by atoms with Crippen LogP contribution in [0.15, 0.2) is 24.3 Å². The van der Waals surface area contributed by atoms with E-state index in [1.807, 2.05) is 24.5 Å². The smallest absolute Gasteiger partial charge is 0.408 e. The number of terminal acetylenes is 1. The van der Waals surface area contributed by atoms with Crippen LogP contribution < -0.4 is 10.6 Å². The molecule has 2 atom stereocenters. The van der Waals surface area contributed by atoms with Crippen molar-refractivity contribution in [2.24, 2.45) is 0 Å². The molecule has 2 aliphatic rings. The van der Waals surface area contributed by atoms with Gasteiger partial charge in [-0.2, -0.15) is 11.8 Å². The van der Waals surface area contributed by atoms with Gasteiger partial charge in [0.2, 0.25) is 11.8 Å². The van der Waals surface area contributed by atoms with Crippen molar-refractivity contribution >= 4 is 29.7 Å². The van der Waals surface area contributed by atoms with Crippen molar-refractivity contribution in [2.45, 2.75) is 102 Å². The Labute approximate surface area is 225 Å². The van der Waals surface area contributed by atoms with E-state index in [1.165, 1.54) is 6.42 Å². The normalized spacial score (nSPS) is 17.7. The predicted molar refractivity (Wildman–Crippen MR) is 148 cm³/mol. The maximum absolute atomic E-state index is 14.2. The van der Waals surface area contributed by atoms with Crippen LogP contribution in [0.4, 0.5) is 4.79 Å². The second-order valence-corrected chi connectivity index (χ2v) is 11.9. The first kappa shape index (κ1) is 28.9. The van der Waals surface area contributed by atoms with Gasteiger partial charge >= 0.3 is 6.09 Å². The van der Waals surface area contributed by atoms with Crippen molar-refractivity contribution in [3.8, 4) is 12.3 Å². The molecule has 1 aromatic carbocycles. The van der Waals surface area contributed by atoms with E-state index in [1.54, 1.807) is 43.5 Å². The number of ether oxygens (including phenoxy) is 1. The lowest BCUT2D eigenvalue weighted by molar-refractivity contribution is -0.143. The Morgan fingerprint density at radius 1 is 1.14 bits per heavy atom. The predicted octanol–water partition coefficient (Wildman–Crippen LogP) is 4.80. The number of alkyl carbamates (subject to hydrolysis) is 1. The molecule has 0 spiro atoms. The summed E-state index contributed by atoms with van der Waals surface area (Å²) in [5.74, 6) is 2.88. The maximum atomic E-state index is 14.2. The first-order valence-electron chi connectivity index (χ1n) is 13.3. The van der Waals surface area contributed by atoms with Gasteiger partial charge < -0.3 is 20.3 Å². The standard InChI is InChI=1S/C29H41N3O4S/c1-6-20-12-10-11-15-23(20)25(26(33)30-21-13-8-7-9-14-21)32(22-16-17-22)27(34)24(18-19-37-5)31-28(35)36-29(2,3)4/h1,10-12,15,21-22,24-25H,7-9,13-14,16-19H2,2-5H3,(H,30,33)(H,31,35). The molecule has 2 N–H and O–H groups in total. The average molecular weight is 528 g/mol. The van der Waals surface area contributed by atoms with E-state index in [9.17, 15) is 14.4 Å². The molecule has 0 aromatic heterocycles. The number of rotatable bonds is 10. The number of carbonyl (C=O) groups is 3. The molecular weight excluding hydrogens is 486 g/mol. The number of benzene rings is 1. The van der Waals surface area contributed by atoms with Gasteiger partial charge in [-0.1, -0.05) is 43.4 Å². The highest BCUT2D eigenvalue weighted by molar-refractivity contribution is 7.98. The highest BCUT2D eigenvalue weighted by Gasteiger charge is 2.44. The molecular formula is C29H41N3O4S. The fraction of sp³-hybridized carbons (Fsp3) is 0.621. The van der Waals surface area contributed by atoms with Gasteiger partial charge in [-0.3, -0.25) is 9.59 Å². The Hall–Kier alpha value is -2.66. The summed E-state index contributed by atoms with van der Waals surface area (Å²) in [5.41, 5.74) is 0.534. The lowest BCUT2D eigenvalue weighted by atomic mass is 9.93. The van der Waals surface area contributed by atoms with Crippen LogP contribution >= 0.6 is 11.8 Å². The van der Waals surface area contributed by atoms with Crippen LogP contribution in [0.25, 0.3) is 0 Å². The van der Waals surface area contributed by atoms with E-state index in [4.69, 9.17) is 11.2 Å². The van der Waals surface area contributed by atoms with Crippen molar-refractivity contribution < 1.29 is 19.1 Å². The molecule has 0 saturated heterocycles. The molecule has 202 valence electrons. The molecule has 3 rings (SSSR count). The maximum Gasteiger partial charge on any atom is 0.408 e. The minimum atomic E-state index is -0.869. The van der Waals surface area contributed by atoms with Gasteiger partial charge in [0.1, 0.15) is 17.7 Å². The lowest BCUT2D eigenvalue weighted by Crippen LogP contribution is -2.54. The fourth-order valence-corrected chi connectivity index (χ4v) is 5.28. The first-order chi connectivity index (χ1) is 17.6. The van der Waals surface area contributed by atoms with E-state index in [0.717, 1.165) is 38.5 Å². The molecule has 0 bridgehead atoms. The summed E-state index contributed by atoms with van der Waals surface area (Å²) in [6.45, 7) is 5.35. The number of nitrogens with zero attached hydrogens (tertiary/aromatic N) is 1. The lowest BCUT2D eigenvalue weighted by Gasteiger charge is -2.36. The number of hydrogen-bond donors (Lipinski definition) is 2. The van der Waals surface area contributed by atoms with Gasteiger partial charge in [0.05, 0.1) is 0 Å². The Bertz CT molecular complexity index is 990. The minimum absolute atomic E-state index is 0.0855. The summed E-state index contributed by atoms with van der Waals surface area (Å²) in [5, 5.41) is 6.01. The van der Waals surface area contributed by atoms with Crippen LogP contribution in [0.5, 0.6) is 0 Å². The summed E-state index contributed by atoms with van der Waals surface area (Å²) in [4.78, 5) is 42.4. The van der Waals surface area contributed by atoms with Gasteiger partial charge in [0.15, 0.2) is 0 Å². The topological polar surface area (TPSA) is 87.7 Å². The molecule has 0 radical (unpaired) electrons. The van der Waals surface area contributed by atoms with Crippen LogP contribution in [0, 0.1) is 12.3 Å². The molecule has 3 amide bonds. The zero-order valence-electron chi connectivity index (χ0n) is 22.5. The molecule has 2 unspecified atom stereocenters. The molecule has 37 heavy (non-hydrogen) atoms. The molecule has 1 aromatic rings. The van der Waals surface area contributed by atoms with Crippen molar-refractivity contribution in [3.63, 3.8) is 0 Å². The summed E-state index contributed by atoms with van der Waals surface area (Å²) < 4.78 is 5.45. The highest BCUT2D eigenvalue weighted by atomic mass is 32.2. The third-order valence-electron chi connectivity index (χ3n) is 6.68. The van der Waals surface area contributed by atoms with Gasteiger partial charge in [0.25, 0.3) is 0 Å². The largest absolute Gasteiger partial charge is 0.444 e. The summed E-state index contributed by atoms with van der Waals surface area (Å²) in [6, 6.07) is 5.64. The van der Waals surface area contributed by atoms with Crippen LogP contribution in [-0.2, 0) is 14.3 Å². The molecule has 0 aliphatic heterocycles. The average Bonchev–Trinajstić information content (AvgIpc) is 3.69. The van der Waals surface area contributed by atoms with E-state index in [0.29, 0.717) is 23.3 Å². The van der Waals surface area contributed by atoms with Crippen molar-refractivity contribution in [1.82, 2.24) is 15.5 Å². The highest BCUT2D eigenvalue weighted by Crippen LogP contribution is 2.37. The number of thioether (sulfide) groups is 1. The molecule has 8 heteroatoms. The van der Waals surface area contributed by atoms with Gasteiger partial charge in [-0.15, -0.1) is 6.42 Å². The van der Waals surface area contributed by atoms with Gasteiger partial charge in [-0.05, 0) is 76.5 Å². The number of hydrogen-bond acceptors (Lipinski definition) is 5. The number of amides is 3. The van der Waals surface area contributed by atoms with Gasteiger partial charge in [-0.25, -0.2) is 4.79 Å². The van der Waals surface area contributed by atoms with Crippen molar-refractivity contribution in [2.75, 3.05) is 12.0 Å². The molecule has 7 nitrogen and oxygen atoms in total. The second kappa shape index (κ2) is 13.2. The summed E-state index contributed by atoms with van der Waals surface area (Å²) in [7, 11) is 0. The third kappa shape index (κ3) is 8.43. The van der Waals surface area contributed by atoms with E-state index >= 15 is 0 Å². The van der Waals surface area contributed by atoms with E-state index in [-0.39, 0.29) is 23.9 Å². The molecule has 0 heterocycles. The van der Waals surface area contributed by atoms with E-state index in [2.05, 4.69) is 16.6 Å². The quantitative estimate of drug-likeness (QED) is 0.427. The van der Waals surface area contributed by atoms with E-state index < -0.39 is 23.8 Å². The Kier molecular flexibility index (Phi) is 10.3. The minimum Gasteiger partial charge on any atom is -0.444 e. The zero-order valence-corrected chi connectivity index (χ0v) is 23.4. The first-order valence-corrected chi connectivity index (χ1v) is 14.7. The third-order valence-corrected chi connectivity index (χ3v) is 7.33. The molecule has 2 fully saturated rings. The molecule has 2 saturated carbocycles. The van der Waals surface area contributed by atoms with Crippen LogP contribution in [0.2, 0.25) is 0 Å². The van der Waals surface area contributed by atoms with Crippen LogP contribution in [0.3, 0.4) is 0 Å². The SMILES string of the molecule is C#Cc1ccccc1C(C(=O)NC1CCCCC1)N(C(=O)C(CCSC)NC(=O)OC(C)(C)C)C1CC1. The van der Waals surface area contributed by atoms with Crippen LogP contribution in [-0.4, -0.2) is 58.5 Å². The zero-order chi connectivity index (χ0) is 27.0. The number of nitrogens with one attached hydrogen (secondary N) is 2. The van der Waals surface area contributed by atoms with Crippen LogP contribution in [0.1, 0.15) is 89.3 Å². The Balaban J connectivity index is 1.96. The summed E-state index contributed by atoms with van der Waals surface area (Å²) >= 11 is 1.60. The number of carbonyl (C=O) groups excluding carboxylic acids is 3. The van der Waals surface area contributed by atoms with Crippen molar-refractivity contribution in [3.05, 3.63) is 35.4 Å². The Morgan fingerprint density at radius 3 is 2.41 bits per heavy atom. The van der Waals surface area contributed by atoms with Gasteiger partial charge in [0, 0.05) is 17.6 Å². The summed E-state index contributed by atoms with van der Waals surface area (Å²) in [6.07, 6.45) is 14.4. The molecule has 2 aliphatic carbocycles. The van der Waals surface area contributed by atoms with Crippen molar-refractivity contribution in [1.29, 1.82) is 0 Å². The fourth-order valence-electron chi connectivity index (χ4n) is 4.80.